The Morgan fingerprint density at radius 1 is 1.28 bits per heavy atom. The fraction of sp³-hybridized carbons (Fsp3) is 0.500. The Labute approximate surface area is 141 Å². The maximum absolute atomic E-state index is 12.3. The van der Waals surface area contributed by atoms with Crippen LogP contribution < -0.4 is 10.1 Å². The summed E-state index contributed by atoms with van der Waals surface area (Å²) < 4.78 is 45.8. The number of rotatable bonds is 6. The van der Waals surface area contributed by atoms with Crippen molar-refractivity contribution < 1.29 is 37.3 Å². The Morgan fingerprint density at radius 2 is 1.96 bits per heavy atom. The summed E-state index contributed by atoms with van der Waals surface area (Å²) in [7, 11) is 0. The first-order valence-corrected chi connectivity index (χ1v) is 7.63. The molecule has 0 bridgehead atoms. The van der Waals surface area contributed by atoms with E-state index < -0.39 is 29.5 Å². The lowest BCUT2D eigenvalue weighted by atomic mass is 9.86. The molecule has 1 saturated heterocycles. The van der Waals surface area contributed by atoms with Gasteiger partial charge in [0.2, 0.25) is 5.91 Å². The van der Waals surface area contributed by atoms with Crippen LogP contribution in [0.5, 0.6) is 5.75 Å². The SMILES string of the molecule is O=C(O)CC1(NC(=O)Cc2cccc(OC(F)(F)F)c2)CCOCC1. The van der Waals surface area contributed by atoms with Gasteiger partial charge in [0.15, 0.2) is 0 Å². The minimum atomic E-state index is -4.81. The highest BCUT2D eigenvalue weighted by Gasteiger charge is 2.36. The topological polar surface area (TPSA) is 84.9 Å². The number of carboxylic acid groups (broad SMARTS) is 1. The molecule has 1 aliphatic heterocycles. The zero-order valence-electron chi connectivity index (χ0n) is 13.3. The summed E-state index contributed by atoms with van der Waals surface area (Å²) in [5.41, 5.74) is -0.571. The molecule has 0 saturated carbocycles. The van der Waals surface area contributed by atoms with Gasteiger partial charge in [-0.2, -0.15) is 0 Å². The van der Waals surface area contributed by atoms with Gasteiger partial charge in [0.05, 0.1) is 18.4 Å². The van der Waals surface area contributed by atoms with Crippen molar-refractivity contribution in [2.45, 2.75) is 37.6 Å². The number of hydrogen-bond donors (Lipinski definition) is 2. The smallest absolute Gasteiger partial charge is 0.481 e. The van der Waals surface area contributed by atoms with Gasteiger partial charge in [0, 0.05) is 13.2 Å². The molecule has 9 heteroatoms. The van der Waals surface area contributed by atoms with E-state index in [2.05, 4.69) is 10.1 Å². The highest BCUT2D eigenvalue weighted by atomic mass is 19.4. The number of benzene rings is 1. The second-order valence-corrected chi connectivity index (χ2v) is 5.88. The van der Waals surface area contributed by atoms with Gasteiger partial charge in [-0.05, 0) is 30.5 Å². The van der Waals surface area contributed by atoms with Crippen LogP contribution in [0.1, 0.15) is 24.8 Å². The van der Waals surface area contributed by atoms with E-state index >= 15 is 0 Å². The normalized spacial score (nSPS) is 16.9. The van der Waals surface area contributed by atoms with Gasteiger partial charge in [0.25, 0.3) is 0 Å². The largest absolute Gasteiger partial charge is 0.573 e. The molecule has 6 nitrogen and oxygen atoms in total. The third kappa shape index (κ3) is 6.26. The molecule has 0 radical (unpaired) electrons. The fourth-order valence-corrected chi connectivity index (χ4v) is 2.78. The molecular formula is C16H18F3NO5. The number of carboxylic acids is 1. The average molecular weight is 361 g/mol. The lowest BCUT2D eigenvalue weighted by molar-refractivity contribution is -0.274. The van der Waals surface area contributed by atoms with E-state index in [1.165, 1.54) is 12.1 Å². The molecule has 0 unspecified atom stereocenters. The predicted molar refractivity (Wildman–Crippen MR) is 80.0 cm³/mol. The van der Waals surface area contributed by atoms with Crippen LogP contribution in [0.3, 0.4) is 0 Å². The van der Waals surface area contributed by atoms with E-state index in [1.54, 1.807) is 0 Å². The molecular weight excluding hydrogens is 343 g/mol. The highest BCUT2D eigenvalue weighted by Crippen LogP contribution is 2.26. The number of amides is 1. The van der Waals surface area contributed by atoms with E-state index in [1.807, 2.05) is 0 Å². The molecule has 0 aromatic heterocycles. The standard InChI is InChI=1S/C16H18F3NO5/c17-16(18,19)25-12-3-1-2-11(8-12)9-13(21)20-15(10-14(22)23)4-6-24-7-5-15/h1-3,8H,4-7,9-10H2,(H,20,21)(H,22,23). The molecule has 0 atom stereocenters. The number of halogens is 3. The van der Waals surface area contributed by atoms with Crippen molar-refractivity contribution in [2.24, 2.45) is 0 Å². The van der Waals surface area contributed by atoms with Crippen LogP contribution in [0.2, 0.25) is 0 Å². The van der Waals surface area contributed by atoms with Crippen molar-refractivity contribution in [2.75, 3.05) is 13.2 Å². The summed E-state index contributed by atoms with van der Waals surface area (Å²) in [4.78, 5) is 23.3. The molecule has 1 amide bonds. The lowest BCUT2D eigenvalue weighted by Crippen LogP contribution is -2.53. The van der Waals surface area contributed by atoms with E-state index in [4.69, 9.17) is 9.84 Å². The van der Waals surface area contributed by atoms with Gasteiger partial charge in [-0.15, -0.1) is 13.2 Å². The number of hydrogen-bond acceptors (Lipinski definition) is 4. The number of alkyl halides is 3. The Kier molecular flexibility index (Phi) is 5.89. The zero-order valence-corrected chi connectivity index (χ0v) is 13.3. The fourth-order valence-electron chi connectivity index (χ4n) is 2.78. The minimum Gasteiger partial charge on any atom is -0.481 e. The number of carbonyl (C=O) groups is 2. The summed E-state index contributed by atoms with van der Waals surface area (Å²) in [6.45, 7) is 0.672. The number of aliphatic carboxylic acids is 1. The Bertz CT molecular complexity index is 626. The first-order chi connectivity index (χ1) is 11.7. The van der Waals surface area contributed by atoms with Gasteiger partial charge in [-0.1, -0.05) is 12.1 Å². The second kappa shape index (κ2) is 7.73. The number of carbonyl (C=O) groups excluding carboxylic acids is 1. The maximum atomic E-state index is 12.3. The molecule has 1 aromatic rings. The van der Waals surface area contributed by atoms with Crippen molar-refractivity contribution in [1.29, 1.82) is 0 Å². The molecule has 0 spiro atoms. The molecule has 1 fully saturated rings. The summed E-state index contributed by atoms with van der Waals surface area (Å²) in [6, 6.07) is 5.11. The van der Waals surface area contributed by atoms with Crippen molar-refractivity contribution in [1.82, 2.24) is 5.32 Å². The molecule has 2 rings (SSSR count). The molecule has 1 heterocycles. The predicted octanol–water partition coefficient (Wildman–Crippen LogP) is 2.27. The van der Waals surface area contributed by atoms with E-state index in [0.717, 1.165) is 12.1 Å². The average Bonchev–Trinajstić information content (AvgIpc) is 2.45. The van der Waals surface area contributed by atoms with E-state index in [9.17, 15) is 22.8 Å². The third-order valence-electron chi connectivity index (χ3n) is 3.84. The Hall–Kier alpha value is -2.29. The number of ether oxygens (including phenoxy) is 2. The summed E-state index contributed by atoms with van der Waals surface area (Å²) >= 11 is 0. The van der Waals surface area contributed by atoms with E-state index in [-0.39, 0.29) is 12.8 Å². The quantitative estimate of drug-likeness (QED) is 0.812. The van der Waals surface area contributed by atoms with Crippen LogP contribution in [0.25, 0.3) is 0 Å². The van der Waals surface area contributed by atoms with Crippen LogP contribution in [0.15, 0.2) is 24.3 Å². The van der Waals surface area contributed by atoms with Gasteiger partial charge in [-0.3, -0.25) is 9.59 Å². The van der Waals surface area contributed by atoms with Gasteiger partial charge >= 0.3 is 12.3 Å². The first kappa shape index (κ1) is 19.0. The van der Waals surface area contributed by atoms with Gasteiger partial charge in [-0.25, -0.2) is 0 Å². The van der Waals surface area contributed by atoms with E-state index in [0.29, 0.717) is 31.6 Å². The first-order valence-electron chi connectivity index (χ1n) is 7.63. The van der Waals surface area contributed by atoms with Crippen LogP contribution in [-0.4, -0.2) is 42.1 Å². The van der Waals surface area contributed by atoms with Crippen LogP contribution in [0, 0.1) is 0 Å². The van der Waals surface area contributed by atoms with Crippen molar-refractivity contribution in [3.8, 4) is 5.75 Å². The molecule has 0 aliphatic carbocycles. The third-order valence-corrected chi connectivity index (χ3v) is 3.84. The van der Waals surface area contributed by atoms with Crippen molar-refractivity contribution >= 4 is 11.9 Å². The summed E-state index contributed by atoms with van der Waals surface area (Å²) in [5.74, 6) is -1.92. The van der Waals surface area contributed by atoms with Crippen molar-refractivity contribution in [3.63, 3.8) is 0 Å². The second-order valence-electron chi connectivity index (χ2n) is 5.88. The van der Waals surface area contributed by atoms with Gasteiger partial charge < -0.3 is 19.9 Å². The summed E-state index contributed by atoms with van der Waals surface area (Å²) in [6.07, 6.45) is -4.50. The highest BCUT2D eigenvalue weighted by molar-refractivity contribution is 5.80. The molecule has 138 valence electrons. The molecule has 1 aromatic carbocycles. The molecule has 1 aliphatic rings. The summed E-state index contributed by atoms with van der Waals surface area (Å²) in [5, 5.41) is 11.8. The zero-order chi connectivity index (χ0) is 18.5. The van der Waals surface area contributed by atoms with Crippen molar-refractivity contribution in [3.05, 3.63) is 29.8 Å². The minimum absolute atomic E-state index is 0.183. The monoisotopic (exact) mass is 361 g/mol. The van der Waals surface area contributed by atoms with Crippen LogP contribution in [0.4, 0.5) is 13.2 Å². The van der Waals surface area contributed by atoms with Crippen LogP contribution in [-0.2, 0) is 20.7 Å². The van der Waals surface area contributed by atoms with Gasteiger partial charge in [0.1, 0.15) is 5.75 Å². The lowest BCUT2D eigenvalue weighted by Gasteiger charge is -2.36. The Morgan fingerprint density at radius 3 is 2.56 bits per heavy atom. The maximum Gasteiger partial charge on any atom is 0.573 e. The van der Waals surface area contributed by atoms with Crippen LogP contribution >= 0.6 is 0 Å². The molecule has 25 heavy (non-hydrogen) atoms. The number of nitrogens with one attached hydrogen (secondary N) is 1. The Balaban J connectivity index is 2.03. The molecule has 2 N–H and O–H groups in total.